The minimum absolute atomic E-state index is 0.157. The molecule has 0 amide bonds. The summed E-state index contributed by atoms with van der Waals surface area (Å²) >= 11 is 2.05. The van der Waals surface area contributed by atoms with Crippen LogP contribution in [0.25, 0.3) is 0 Å². The molecule has 3 nitrogen and oxygen atoms in total. The van der Waals surface area contributed by atoms with Crippen LogP contribution in [0.1, 0.15) is 49.8 Å². The molecular formula is C19H27NO2S. The van der Waals surface area contributed by atoms with Gasteiger partial charge in [-0.1, -0.05) is 19.1 Å². The zero-order valence-corrected chi connectivity index (χ0v) is 14.8. The second-order valence-corrected chi connectivity index (χ2v) is 8.22. The van der Waals surface area contributed by atoms with Crippen LogP contribution in [0.15, 0.2) is 18.2 Å². The predicted molar refractivity (Wildman–Crippen MR) is 95.5 cm³/mol. The quantitative estimate of drug-likeness (QED) is 0.910. The zero-order chi connectivity index (χ0) is 15.7. The standard InChI is InChI=1S/C19H27NO2S/c1-2-17(14-3-4-18-15(11-14)5-8-21-18)20-16-6-9-22-19(12-16)7-10-23-13-19/h3-4,11,16-17,20H,2,5-10,12-13H2,1H3/t16-,17-,19-/m0/s1. The molecule has 0 saturated carbocycles. The smallest absolute Gasteiger partial charge is 0.122 e. The largest absolute Gasteiger partial charge is 0.493 e. The lowest BCUT2D eigenvalue weighted by atomic mass is 9.88. The van der Waals surface area contributed by atoms with Crippen LogP contribution in [0.5, 0.6) is 5.75 Å². The molecule has 4 rings (SSSR count). The fraction of sp³-hybridized carbons (Fsp3) is 0.684. The van der Waals surface area contributed by atoms with Gasteiger partial charge in [-0.15, -0.1) is 0 Å². The first-order valence-corrected chi connectivity index (χ1v) is 10.2. The van der Waals surface area contributed by atoms with Crippen LogP contribution in [-0.2, 0) is 11.2 Å². The Labute approximate surface area is 143 Å². The lowest BCUT2D eigenvalue weighted by Gasteiger charge is -2.39. The summed E-state index contributed by atoms with van der Waals surface area (Å²) in [6, 6.07) is 7.77. The Balaban J connectivity index is 1.45. The second kappa shape index (κ2) is 6.66. The molecule has 0 unspecified atom stereocenters. The average molecular weight is 333 g/mol. The van der Waals surface area contributed by atoms with E-state index in [1.807, 2.05) is 11.8 Å². The summed E-state index contributed by atoms with van der Waals surface area (Å²) in [5.41, 5.74) is 2.95. The van der Waals surface area contributed by atoms with E-state index in [9.17, 15) is 0 Å². The highest BCUT2D eigenvalue weighted by atomic mass is 32.2. The summed E-state index contributed by atoms with van der Waals surface area (Å²) in [6.07, 6.45) is 5.71. The number of ether oxygens (including phenoxy) is 2. The first kappa shape index (κ1) is 15.8. The van der Waals surface area contributed by atoms with Gasteiger partial charge in [-0.3, -0.25) is 0 Å². The van der Waals surface area contributed by atoms with Crippen molar-refractivity contribution in [3.8, 4) is 5.75 Å². The molecule has 0 bridgehead atoms. The Morgan fingerprint density at radius 2 is 2.35 bits per heavy atom. The molecule has 3 atom stereocenters. The van der Waals surface area contributed by atoms with Gasteiger partial charge in [-0.05, 0) is 48.6 Å². The molecule has 0 radical (unpaired) electrons. The number of fused-ring (bicyclic) bond motifs is 1. The van der Waals surface area contributed by atoms with Gasteiger partial charge in [0.05, 0.1) is 12.2 Å². The van der Waals surface area contributed by atoms with E-state index in [0.717, 1.165) is 38.2 Å². The van der Waals surface area contributed by atoms with Gasteiger partial charge in [0.25, 0.3) is 0 Å². The van der Waals surface area contributed by atoms with Gasteiger partial charge >= 0.3 is 0 Å². The van der Waals surface area contributed by atoms with E-state index in [4.69, 9.17) is 9.47 Å². The molecule has 1 aromatic carbocycles. The van der Waals surface area contributed by atoms with E-state index in [0.29, 0.717) is 12.1 Å². The van der Waals surface area contributed by atoms with Crippen molar-refractivity contribution in [1.82, 2.24) is 5.32 Å². The average Bonchev–Trinajstić information content (AvgIpc) is 3.21. The number of benzene rings is 1. The third kappa shape index (κ3) is 3.26. The van der Waals surface area contributed by atoms with E-state index < -0.39 is 0 Å². The van der Waals surface area contributed by atoms with Crippen molar-refractivity contribution in [2.24, 2.45) is 0 Å². The van der Waals surface area contributed by atoms with Gasteiger partial charge < -0.3 is 14.8 Å². The van der Waals surface area contributed by atoms with Crippen molar-refractivity contribution in [1.29, 1.82) is 0 Å². The maximum atomic E-state index is 6.16. The van der Waals surface area contributed by atoms with Crippen molar-refractivity contribution in [3.63, 3.8) is 0 Å². The number of thioether (sulfide) groups is 1. The van der Waals surface area contributed by atoms with Gasteiger partial charge in [0.15, 0.2) is 0 Å². The number of hydrogen-bond donors (Lipinski definition) is 1. The number of nitrogens with one attached hydrogen (secondary N) is 1. The topological polar surface area (TPSA) is 30.5 Å². The Morgan fingerprint density at radius 1 is 1.39 bits per heavy atom. The summed E-state index contributed by atoms with van der Waals surface area (Å²) < 4.78 is 11.8. The lowest BCUT2D eigenvalue weighted by molar-refractivity contribution is -0.0714. The van der Waals surface area contributed by atoms with Crippen molar-refractivity contribution in [2.45, 2.75) is 56.7 Å². The number of hydrogen-bond acceptors (Lipinski definition) is 4. The molecule has 3 heterocycles. The molecule has 126 valence electrons. The van der Waals surface area contributed by atoms with Crippen molar-refractivity contribution >= 4 is 11.8 Å². The Morgan fingerprint density at radius 3 is 3.17 bits per heavy atom. The highest BCUT2D eigenvalue weighted by Crippen LogP contribution is 2.39. The lowest BCUT2D eigenvalue weighted by Crippen LogP contribution is -2.48. The van der Waals surface area contributed by atoms with Crippen LogP contribution in [-0.4, -0.2) is 36.4 Å². The van der Waals surface area contributed by atoms with Crippen LogP contribution in [0.3, 0.4) is 0 Å². The summed E-state index contributed by atoms with van der Waals surface area (Å²) in [5, 5.41) is 3.93. The maximum absolute atomic E-state index is 6.16. The van der Waals surface area contributed by atoms with Crippen LogP contribution in [0.4, 0.5) is 0 Å². The first-order chi connectivity index (χ1) is 11.3. The fourth-order valence-corrected chi connectivity index (χ4v) is 5.57. The van der Waals surface area contributed by atoms with E-state index >= 15 is 0 Å². The molecule has 2 saturated heterocycles. The van der Waals surface area contributed by atoms with E-state index in [2.05, 4.69) is 30.4 Å². The SMILES string of the molecule is CC[C@H](N[C@H]1CCO[C@@]2(CCSC2)C1)c1ccc2c(c1)CCO2. The normalized spacial score (nSPS) is 31.1. The maximum Gasteiger partial charge on any atom is 0.122 e. The molecule has 23 heavy (non-hydrogen) atoms. The van der Waals surface area contributed by atoms with Crippen LogP contribution < -0.4 is 10.1 Å². The molecule has 1 N–H and O–H groups in total. The zero-order valence-electron chi connectivity index (χ0n) is 14.0. The monoisotopic (exact) mass is 333 g/mol. The molecule has 3 aliphatic rings. The van der Waals surface area contributed by atoms with Gasteiger partial charge in [0.2, 0.25) is 0 Å². The predicted octanol–water partition coefficient (Wildman–Crippen LogP) is 3.72. The van der Waals surface area contributed by atoms with E-state index in [1.165, 1.54) is 35.5 Å². The van der Waals surface area contributed by atoms with Gasteiger partial charge in [-0.2, -0.15) is 11.8 Å². The third-order valence-electron chi connectivity index (χ3n) is 5.52. The van der Waals surface area contributed by atoms with Gasteiger partial charge in [0.1, 0.15) is 5.75 Å². The summed E-state index contributed by atoms with van der Waals surface area (Å²) in [5.74, 6) is 3.52. The van der Waals surface area contributed by atoms with E-state index in [1.54, 1.807) is 0 Å². The minimum atomic E-state index is 0.157. The highest BCUT2D eigenvalue weighted by molar-refractivity contribution is 7.99. The van der Waals surface area contributed by atoms with Crippen LogP contribution in [0.2, 0.25) is 0 Å². The molecule has 1 aromatic rings. The van der Waals surface area contributed by atoms with Gasteiger partial charge in [-0.25, -0.2) is 0 Å². The van der Waals surface area contributed by atoms with Crippen molar-refractivity contribution in [3.05, 3.63) is 29.3 Å². The van der Waals surface area contributed by atoms with Crippen molar-refractivity contribution in [2.75, 3.05) is 24.7 Å². The summed E-state index contributed by atoms with van der Waals surface area (Å²) in [4.78, 5) is 0. The van der Waals surface area contributed by atoms with Crippen LogP contribution >= 0.6 is 11.8 Å². The molecule has 1 spiro atoms. The molecular weight excluding hydrogens is 306 g/mol. The van der Waals surface area contributed by atoms with Crippen LogP contribution in [0, 0.1) is 0 Å². The number of rotatable bonds is 4. The first-order valence-electron chi connectivity index (χ1n) is 9.01. The Kier molecular flexibility index (Phi) is 4.57. The molecule has 0 aliphatic carbocycles. The van der Waals surface area contributed by atoms with Gasteiger partial charge in [0, 0.05) is 30.9 Å². The summed E-state index contributed by atoms with van der Waals surface area (Å²) in [7, 11) is 0. The Bertz CT molecular complexity index is 556. The molecule has 3 aliphatic heterocycles. The second-order valence-electron chi connectivity index (χ2n) is 7.12. The minimum Gasteiger partial charge on any atom is -0.493 e. The molecule has 4 heteroatoms. The third-order valence-corrected chi connectivity index (χ3v) is 6.74. The summed E-state index contributed by atoms with van der Waals surface area (Å²) in [6.45, 7) is 4.03. The van der Waals surface area contributed by atoms with Crippen molar-refractivity contribution < 1.29 is 9.47 Å². The van der Waals surface area contributed by atoms with E-state index in [-0.39, 0.29) is 5.60 Å². The molecule has 2 fully saturated rings. The highest BCUT2D eigenvalue weighted by Gasteiger charge is 2.40. The molecule has 0 aromatic heterocycles. The fourth-order valence-electron chi connectivity index (χ4n) is 4.19. The Hall–Kier alpha value is -0.710.